The molecule has 0 radical (unpaired) electrons. The van der Waals surface area contributed by atoms with Crippen LogP contribution >= 0.6 is 0 Å². The molecule has 1 fully saturated rings. The van der Waals surface area contributed by atoms with E-state index in [-0.39, 0.29) is 12.5 Å². The number of rotatable bonds is 7. The summed E-state index contributed by atoms with van der Waals surface area (Å²) in [6.45, 7) is 4.99. The zero-order valence-electron chi connectivity index (χ0n) is 12.5. The first-order valence-corrected chi connectivity index (χ1v) is 7.55. The molecule has 4 atom stereocenters. The smallest absolute Gasteiger partial charge is 0.220 e. The SMILES string of the molecule is CCCCN1CC(NC(=O)CCC)C(O)C(O)C1CO. The number of nitrogens with one attached hydrogen (secondary N) is 1. The molecule has 0 aromatic carbocycles. The molecular formula is C14H28N2O4. The summed E-state index contributed by atoms with van der Waals surface area (Å²) in [4.78, 5) is 13.6. The topological polar surface area (TPSA) is 93.0 Å². The molecule has 20 heavy (non-hydrogen) atoms. The lowest BCUT2D eigenvalue weighted by Crippen LogP contribution is -2.66. The van der Waals surface area contributed by atoms with Crippen LogP contribution in [0.2, 0.25) is 0 Å². The Kier molecular flexibility index (Phi) is 7.43. The van der Waals surface area contributed by atoms with Crippen LogP contribution in [0.3, 0.4) is 0 Å². The van der Waals surface area contributed by atoms with Crippen molar-refractivity contribution in [3.8, 4) is 0 Å². The van der Waals surface area contributed by atoms with Gasteiger partial charge in [0.05, 0.1) is 24.8 Å². The maximum absolute atomic E-state index is 11.7. The summed E-state index contributed by atoms with van der Waals surface area (Å²) in [6.07, 6.45) is 1.05. The van der Waals surface area contributed by atoms with Gasteiger partial charge in [-0.2, -0.15) is 0 Å². The van der Waals surface area contributed by atoms with Gasteiger partial charge in [-0.3, -0.25) is 9.69 Å². The molecule has 0 aliphatic carbocycles. The van der Waals surface area contributed by atoms with E-state index in [1.807, 2.05) is 11.8 Å². The van der Waals surface area contributed by atoms with E-state index in [9.17, 15) is 20.1 Å². The van der Waals surface area contributed by atoms with Gasteiger partial charge in [-0.25, -0.2) is 0 Å². The van der Waals surface area contributed by atoms with Gasteiger partial charge in [0.15, 0.2) is 0 Å². The van der Waals surface area contributed by atoms with Gasteiger partial charge in [0.2, 0.25) is 5.91 Å². The minimum absolute atomic E-state index is 0.110. The Balaban J connectivity index is 2.69. The average Bonchev–Trinajstić information content (AvgIpc) is 2.42. The molecule has 0 bridgehead atoms. The second kappa shape index (κ2) is 8.56. The minimum atomic E-state index is -1.04. The number of amides is 1. The average molecular weight is 288 g/mol. The van der Waals surface area contributed by atoms with E-state index in [4.69, 9.17) is 0 Å². The third kappa shape index (κ3) is 4.41. The van der Waals surface area contributed by atoms with E-state index < -0.39 is 24.3 Å². The summed E-state index contributed by atoms with van der Waals surface area (Å²) < 4.78 is 0. The maximum atomic E-state index is 11.7. The van der Waals surface area contributed by atoms with Crippen LogP contribution < -0.4 is 5.32 Å². The lowest BCUT2D eigenvalue weighted by atomic mass is 9.92. The largest absolute Gasteiger partial charge is 0.395 e. The summed E-state index contributed by atoms with van der Waals surface area (Å²) in [5.41, 5.74) is 0. The van der Waals surface area contributed by atoms with E-state index in [2.05, 4.69) is 12.2 Å². The third-order valence-electron chi connectivity index (χ3n) is 3.87. The van der Waals surface area contributed by atoms with E-state index >= 15 is 0 Å². The van der Waals surface area contributed by atoms with Crippen molar-refractivity contribution in [2.45, 2.75) is 63.8 Å². The Bertz CT molecular complexity index is 301. The van der Waals surface area contributed by atoms with Crippen LogP contribution in [0.5, 0.6) is 0 Å². The lowest BCUT2D eigenvalue weighted by Gasteiger charge is -2.45. The third-order valence-corrected chi connectivity index (χ3v) is 3.87. The van der Waals surface area contributed by atoms with Crippen LogP contribution in [0.1, 0.15) is 39.5 Å². The molecule has 1 aliphatic heterocycles. The van der Waals surface area contributed by atoms with Gasteiger partial charge in [0.25, 0.3) is 0 Å². The fourth-order valence-electron chi connectivity index (χ4n) is 2.66. The number of aliphatic hydroxyl groups excluding tert-OH is 3. The molecule has 0 aromatic rings. The summed E-state index contributed by atoms with van der Waals surface area (Å²) >= 11 is 0. The molecule has 0 spiro atoms. The van der Waals surface area contributed by atoms with Crippen molar-refractivity contribution >= 4 is 5.91 Å². The van der Waals surface area contributed by atoms with E-state index in [1.54, 1.807) is 0 Å². The van der Waals surface area contributed by atoms with Gasteiger partial charge >= 0.3 is 0 Å². The van der Waals surface area contributed by atoms with Crippen molar-refractivity contribution in [1.29, 1.82) is 0 Å². The molecule has 6 nitrogen and oxygen atoms in total. The van der Waals surface area contributed by atoms with Crippen LogP contribution in [-0.2, 0) is 4.79 Å². The van der Waals surface area contributed by atoms with Crippen molar-refractivity contribution in [2.24, 2.45) is 0 Å². The van der Waals surface area contributed by atoms with E-state index in [0.717, 1.165) is 25.8 Å². The number of likely N-dealkylation sites (tertiary alicyclic amines) is 1. The van der Waals surface area contributed by atoms with Gasteiger partial charge in [0, 0.05) is 13.0 Å². The Labute approximate surface area is 120 Å². The van der Waals surface area contributed by atoms with Crippen molar-refractivity contribution < 1.29 is 20.1 Å². The van der Waals surface area contributed by atoms with Crippen LogP contribution in [0.25, 0.3) is 0 Å². The summed E-state index contributed by atoms with van der Waals surface area (Å²) in [7, 11) is 0. The van der Waals surface area contributed by atoms with Crippen molar-refractivity contribution in [2.75, 3.05) is 19.7 Å². The number of unbranched alkanes of at least 4 members (excludes halogenated alkanes) is 1. The van der Waals surface area contributed by atoms with Crippen LogP contribution in [0.15, 0.2) is 0 Å². The van der Waals surface area contributed by atoms with Gasteiger partial charge in [0.1, 0.15) is 6.10 Å². The molecule has 0 saturated carbocycles. The minimum Gasteiger partial charge on any atom is -0.395 e. The fourth-order valence-corrected chi connectivity index (χ4v) is 2.66. The molecule has 1 rings (SSSR count). The predicted molar refractivity (Wildman–Crippen MR) is 76.2 cm³/mol. The quantitative estimate of drug-likeness (QED) is 0.505. The van der Waals surface area contributed by atoms with E-state index in [0.29, 0.717) is 13.0 Å². The number of piperidine rings is 1. The number of aliphatic hydroxyl groups is 3. The van der Waals surface area contributed by atoms with Crippen molar-refractivity contribution in [3.05, 3.63) is 0 Å². The first-order chi connectivity index (χ1) is 9.54. The second-order valence-electron chi connectivity index (χ2n) is 5.50. The van der Waals surface area contributed by atoms with E-state index in [1.165, 1.54) is 0 Å². The Hall–Kier alpha value is -0.690. The maximum Gasteiger partial charge on any atom is 0.220 e. The molecule has 1 heterocycles. The summed E-state index contributed by atoms with van der Waals surface area (Å²) in [6, 6.07) is -0.945. The first kappa shape index (κ1) is 17.4. The van der Waals surface area contributed by atoms with Gasteiger partial charge in [-0.1, -0.05) is 20.3 Å². The molecular weight excluding hydrogens is 260 g/mol. The van der Waals surface area contributed by atoms with Crippen LogP contribution in [0.4, 0.5) is 0 Å². The standard InChI is InChI=1S/C14H28N2O4/c1-3-5-7-16-8-10(15-12(18)6-4-2)13(19)14(20)11(16)9-17/h10-11,13-14,17,19-20H,3-9H2,1-2H3,(H,15,18). The van der Waals surface area contributed by atoms with Gasteiger partial charge in [-0.05, 0) is 19.4 Å². The summed E-state index contributed by atoms with van der Waals surface area (Å²) in [5, 5.41) is 32.4. The number of carbonyl (C=O) groups is 1. The van der Waals surface area contributed by atoms with Crippen molar-refractivity contribution in [1.82, 2.24) is 10.2 Å². The monoisotopic (exact) mass is 288 g/mol. The number of nitrogens with zero attached hydrogens (tertiary/aromatic N) is 1. The highest BCUT2D eigenvalue weighted by atomic mass is 16.3. The normalized spacial score (nSPS) is 31.2. The summed E-state index contributed by atoms with van der Waals surface area (Å²) in [5.74, 6) is -0.110. The Morgan fingerprint density at radius 3 is 2.50 bits per heavy atom. The predicted octanol–water partition coefficient (Wildman–Crippen LogP) is -0.530. The lowest BCUT2D eigenvalue weighted by molar-refractivity contribution is -0.130. The zero-order valence-corrected chi connectivity index (χ0v) is 12.5. The van der Waals surface area contributed by atoms with Crippen molar-refractivity contribution in [3.63, 3.8) is 0 Å². The number of carbonyl (C=O) groups excluding carboxylic acids is 1. The highest BCUT2D eigenvalue weighted by Crippen LogP contribution is 2.19. The second-order valence-corrected chi connectivity index (χ2v) is 5.50. The molecule has 1 aliphatic rings. The molecule has 4 N–H and O–H groups in total. The molecule has 0 aromatic heterocycles. The molecule has 1 saturated heterocycles. The first-order valence-electron chi connectivity index (χ1n) is 7.55. The van der Waals surface area contributed by atoms with Gasteiger partial charge < -0.3 is 20.6 Å². The Morgan fingerprint density at radius 1 is 1.25 bits per heavy atom. The highest BCUT2D eigenvalue weighted by Gasteiger charge is 2.41. The number of hydrogen-bond acceptors (Lipinski definition) is 5. The molecule has 4 unspecified atom stereocenters. The van der Waals surface area contributed by atoms with Crippen LogP contribution in [0, 0.1) is 0 Å². The van der Waals surface area contributed by atoms with Crippen LogP contribution in [-0.4, -0.2) is 70.1 Å². The molecule has 118 valence electrons. The Morgan fingerprint density at radius 2 is 1.95 bits per heavy atom. The molecule has 6 heteroatoms. The van der Waals surface area contributed by atoms with Gasteiger partial charge in [-0.15, -0.1) is 0 Å². The highest BCUT2D eigenvalue weighted by molar-refractivity contribution is 5.76. The fraction of sp³-hybridized carbons (Fsp3) is 0.929. The molecule has 1 amide bonds. The zero-order chi connectivity index (χ0) is 15.1. The number of hydrogen-bond donors (Lipinski definition) is 4.